The van der Waals surface area contributed by atoms with Gasteiger partial charge in [-0.15, -0.1) is 0 Å². The molecule has 2 aromatic carbocycles. The van der Waals surface area contributed by atoms with Gasteiger partial charge in [-0.1, -0.05) is 6.07 Å². The number of nitrogens with one attached hydrogen (secondary N) is 1. The van der Waals surface area contributed by atoms with E-state index in [-0.39, 0.29) is 12.1 Å². The van der Waals surface area contributed by atoms with Crippen LogP contribution in [0.2, 0.25) is 0 Å². The normalized spacial score (nSPS) is 15.8. The zero-order valence-corrected chi connectivity index (χ0v) is 14.4. The predicted octanol–water partition coefficient (Wildman–Crippen LogP) is 3.60. The van der Waals surface area contributed by atoms with Crippen LogP contribution in [0, 0.1) is 6.92 Å². The van der Waals surface area contributed by atoms with Crippen molar-refractivity contribution in [3.8, 4) is 5.75 Å². The molecule has 25 heavy (non-hydrogen) atoms. The van der Waals surface area contributed by atoms with E-state index in [1.807, 2.05) is 32.0 Å². The van der Waals surface area contributed by atoms with Gasteiger partial charge >= 0.3 is 12.0 Å². The van der Waals surface area contributed by atoms with Crippen molar-refractivity contribution in [1.82, 2.24) is 0 Å². The molecule has 0 aliphatic carbocycles. The molecular formula is C19H20N2O4. The minimum atomic E-state index is -0.413. The summed E-state index contributed by atoms with van der Waals surface area (Å²) in [5.41, 5.74) is 2.84. The molecule has 0 bridgehead atoms. The number of anilines is 2. The molecule has 1 aliphatic rings. The molecule has 0 spiro atoms. The Morgan fingerprint density at radius 1 is 1.20 bits per heavy atom. The third-order valence-corrected chi connectivity index (χ3v) is 3.98. The van der Waals surface area contributed by atoms with Gasteiger partial charge in [0.2, 0.25) is 0 Å². The summed E-state index contributed by atoms with van der Waals surface area (Å²) in [6, 6.07) is 12.1. The van der Waals surface area contributed by atoms with Gasteiger partial charge in [-0.2, -0.15) is 0 Å². The number of carbonyl (C=O) groups excluding carboxylic acids is 2. The molecule has 130 valence electrons. The van der Waals surface area contributed by atoms with Crippen molar-refractivity contribution in [3.05, 3.63) is 53.6 Å². The molecule has 2 amide bonds. The summed E-state index contributed by atoms with van der Waals surface area (Å²) < 4.78 is 10.5. The van der Waals surface area contributed by atoms with Gasteiger partial charge in [0.15, 0.2) is 0 Å². The molecule has 1 atom stereocenters. The van der Waals surface area contributed by atoms with Gasteiger partial charge in [-0.05, 0) is 55.8 Å². The maximum atomic E-state index is 12.7. The standard InChI is InChI=1S/C19H20N2O4/c1-12-4-9-17-16(10-12)21(11-13(2)25-17)19(23)20-15-7-5-14(6-8-15)18(22)24-3/h4-10,13H,11H2,1-3H3,(H,20,23)/t13-/m1/s1. The van der Waals surface area contributed by atoms with Crippen LogP contribution in [0.1, 0.15) is 22.8 Å². The van der Waals surface area contributed by atoms with Gasteiger partial charge in [0.25, 0.3) is 0 Å². The van der Waals surface area contributed by atoms with E-state index in [9.17, 15) is 9.59 Å². The van der Waals surface area contributed by atoms with Crippen LogP contribution < -0.4 is 15.0 Å². The van der Waals surface area contributed by atoms with Crippen LogP contribution in [0.3, 0.4) is 0 Å². The number of methoxy groups -OCH3 is 1. The van der Waals surface area contributed by atoms with Crippen molar-refractivity contribution < 1.29 is 19.1 Å². The molecule has 2 aromatic rings. The van der Waals surface area contributed by atoms with Crippen molar-refractivity contribution in [1.29, 1.82) is 0 Å². The highest BCUT2D eigenvalue weighted by molar-refractivity contribution is 6.03. The summed E-state index contributed by atoms with van der Waals surface area (Å²) >= 11 is 0. The van der Waals surface area contributed by atoms with E-state index in [4.69, 9.17) is 4.74 Å². The Kier molecular flexibility index (Phi) is 4.61. The van der Waals surface area contributed by atoms with Gasteiger partial charge in [0.05, 0.1) is 24.9 Å². The van der Waals surface area contributed by atoms with E-state index >= 15 is 0 Å². The van der Waals surface area contributed by atoms with Crippen molar-refractivity contribution in [3.63, 3.8) is 0 Å². The molecular weight excluding hydrogens is 320 g/mol. The Bertz CT molecular complexity index is 802. The highest BCUT2D eigenvalue weighted by Crippen LogP contribution is 2.34. The summed E-state index contributed by atoms with van der Waals surface area (Å²) in [5.74, 6) is 0.282. The first kappa shape index (κ1) is 16.8. The van der Waals surface area contributed by atoms with Gasteiger partial charge in [0, 0.05) is 5.69 Å². The van der Waals surface area contributed by atoms with Crippen LogP contribution in [0.25, 0.3) is 0 Å². The summed E-state index contributed by atoms with van der Waals surface area (Å²) in [4.78, 5) is 25.9. The lowest BCUT2D eigenvalue weighted by Crippen LogP contribution is -2.44. The highest BCUT2D eigenvalue weighted by atomic mass is 16.5. The number of rotatable bonds is 2. The fourth-order valence-corrected chi connectivity index (χ4v) is 2.74. The minimum absolute atomic E-state index is 0.0948. The average molecular weight is 340 g/mol. The summed E-state index contributed by atoms with van der Waals surface area (Å²) in [5, 5.41) is 2.86. The smallest absolute Gasteiger partial charge is 0.337 e. The van der Waals surface area contributed by atoms with E-state index in [1.165, 1.54) is 7.11 Å². The van der Waals surface area contributed by atoms with Gasteiger partial charge < -0.3 is 14.8 Å². The maximum Gasteiger partial charge on any atom is 0.337 e. The number of nitrogens with zero attached hydrogens (tertiary/aromatic N) is 1. The SMILES string of the molecule is COC(=O)c1ccc(NC(=O)N2C[C@@H](C)Oc3ccc(C)cc32)cc1. The van der Waals surface area contributed by atoms with Crippen LogP contribution in [-0.2, 0) is 4.74 Å². The molecule has 0 fully saturated rings. The number of carbonyl (C=O) groups is 2. The van der Waals surface area contributed by atoms with Gasteiger partial charge in [0.1, 0.15) is 11.9 Å². The Morgan fingerprint density at radius 2 is 1.92 bits per heavy atom. The first-order valence-electron chi connectivity index (χ1n) is 8.02. The van der Waals surface area contributed by atoms with Crippen LogP contribution in [0.5, 0.6) is 5.75 Å². The fraction of sp³-hybridized carbons (Fsp3) is 0.263. The number of amides is 2. The molecule has 0 radical (unpaired) electrons. The topological polar surface area (TPSA) is 67.9 Å². The number of urea groups is 1. The second-order valence-corrected chi connectivity index (χ2v) is 6.01. The number of benzene rings is 2. The first-order chi connectivity index (χ1) is 12.0. The lowest BCUT2D eigenvalue weighted by atomic mass is 10.1. The summed E-state index contributed by atoms with van der Waals surface area (Å²) in [7, 11) is 1.33. The van der Waals surface area contributed by atoms with Crippen molar-refractivity contribution in [2.45, 2.75) is 20.0 Å². The summed E-state index contributed by atoms with van der Waals surface area (Å²) in [6.45, 7) is 4.36. The van der Waals surface area contributed by atoms with E-state index in [1.54, 1.807) is 29.2 Å². The monoisotopic (exact) mass is 340 g/mol. The molecule has 0 saturated heterocycles. The molecule has 0 aromatic heterocycles. The Morgan fingerprint density at radius 3 is 2.60 bits per heavy atom. The molecule has 6 nitrogen and oxygen atoms in total. The second-order valence-electron chi connectivity index (χ2n) is 6.01. The zero-order chi connectivity index (χ0) is 18.0. The van der Waals surface area contributed by atoms with Gasteiger partial charge in [-0.25, -0.2) is 9.59 Å². The number of hydrogen-bond donors (Lipinski definition) is 1. The Hall–Kier alpha value is -3.02. The number of esters is 1. The first-order valence-corrected chi connectivity index (χ1v) is 8.02. The van der Waals surface area contributed by atoms with E-state index < -0.39 is 5.97 Å². The van der Waals surface area contributed by atoms with Crippen LogP contribution in [0.4, 0.5) is 16.2 Å². The van der Waals surface area contributed by atoms with Crippen molar-refractivity contribution in [2.24, 2.45) is 0 Å². The molecule has 1 N–H and O–H groups in total. The molecule has 6 heteroatoms. The number of ether oxygens (including phenoxy) is 2. The average Bonchev–Trinajstić information content (AvgIpc) is 2.61. The molecule has 0 saturated carbocycles. The van der Waals surface area contributed by atoms with E-state index in [2.05, 4.69) is 10.1 Å². The van der Waals surface area contributed by atoms with Crippen molar-refractivity contribution in [2.75, 3.05) is 23.9 Å². The molecule has 0 unspecified atom stereocenters. The highest BCUT2D eigenvalue weighted by Gasteiger charge is 2.27. The predicted molar refractivity (Wildman–Crippen MR) is 95.4 cm³/mol. The third kappa shape index (κ3) is 3.57. The molecule has 1 heterocycles. The third-order valence-electron chi connectivity index (χ3n) is 3.98. The van der Waals surface area contributed by atoms with Gasteiger partial charge in [-0.3, -0.25) is 4.90 Å². The molecule has 3 rings (SSSR count). The van der Waals surface area contributed by atoms with Crippen molar-refractivity contribution >= 4 is 23.4 Å². The fourth-order valence-electron chi connectivity index (χ4n) is 2.74. The number of fused-ring (bicyclic) bond motifs is 1. The van der Waals surface area contributed by atoms with Crippen LogP contribution in [-0.4, -0.2) is 31.8 Å². The quantitative estimate of drug-likeness (QED) is 0.848. The lowest BCUT2D eigenvalue weighted by molar-refractivity contribution is 0.0600. The summed E-state index contributed by atoms with van der Waals surface area (Å²) in [6.07, 6.45) is -0.0948. The van der Waals surface area contributed by atoms with E-state index in [0.29, 0.717) is 23.5 Å². The van der Waals surface area contributed by atoms with Crippen LogP contribution >= 0.6 is 0 Å². The zero-order valence-electron chi connectivity index (χ0n) is 14.4. The number of aryl methyl sites for hydroxylation is 1. The lowest BCUT2D eigenvalue weighted by Gasteiger charge is -2.33. The minimum Gasteiger partial charge on any atom is -0.487 e. The Balaban J connectivity index is 1.80. The largest absolute Gasteiger partial charge is 0.487 e. The maximum absolute atomic E-state index is 12.7. The molecule has 1 aliphatic heterocycles. The second kappa shape index (κ2) is 6.84. The van der Waals surface area contributed by atoms with Crippen LogP contribution in [0.15, 0.2) is 42.5 Å². The van der Waals surface area contributed by atoms with E-state index in [0.717, 1.165) is 11.3 Å². The number of hydrogen-bond acceptors (Lipinski definition) is 4. The Labute approximate surface area is 146 Å².